The molecule has 2 N–H and O–H groups in total. The van der Waals surface area contributed by atoms with Crippen LogP contribution in [0, 0.1) is 6.92 Å². The molecule has 2 aliphatic rings. The highest BCUT2D eigenvalue weighted by molar-refractivity contribution is 9.10. The number of anilines is 2. The molecule has 0 saturated carbocycles. The molecule has 17 heavy (non-hydrogen) atoms. The third-order valence-corrected chi connectivity index (χ3v) is 3.90. The van der Waals surface area contributed by atoms with Crippen LogP contribution in [-0.2, 0) is 4.79 Å². The van der Waals surface area contributed by atoms with Crippen molar-refractivity contribution in [3.63, 3.8) is 0 Å². The van der Waals surface area contributed by atoms with Crippen molar-refractivity contribution in [1.82, 2.24) is 5.32 Å². The first-order chi connectivity index (χ1) is 8.16. The number of carbonyl (C=O) groups is 1. The van der Waals surface area contributed by atoms with Crippen LogP contribution in [0.5, 0.6) is 0 Å². The number of rotatable bonds is 0. The van der Waals surface area contributed by atoms with Crippen LogP contribution in [-0.4, -0.2) is 31.6 Å². The summed E-state index contributed by atoms with van der Waals surface area (Å²) in [5.74, 6) is 0.0854. The molecule has 0 aromatic heterocycles. The molecule has 1 unspecified atom stereocenters. The number of nitrogens with one attached hydrogen (secondary N) is 2. The molecule has 0 radical (unpaired) electrons. The van der Waals surface area contributed by atoms with Gasteiger partial charge in [-0.1, -0.05) is 0 Å². The van der Waals surface area contributed by atoms with E-state index >= 15 is 0 Å². The van der Waals surface area contributed by atoms with Crippen molar-refractivity contribution < 1.29 is 4.79 Å². The summed E-state index contributed by atoms with van der Waals surface area (Å²) >= 11 is 3.60. The summed E-state index contributed by atoms with van der Waals surface area (Å²) in [6, 6.07) is 4.03. The zero-order valence-corrected chi connectivity index (χ0v) is 11.2. The van der Waals surface area contributed by atoms with E-state index in [1.807, 2.05) is 13.0 Å². The highest BCUT2D eigenvalue weighted by atomic mass is 79.9. The van der Waals surface area contributed by atoms with Gasteiger partial charge in [-0.2, -0.15) is 0 Å². The topological polar surface area (TPSA) is 44.4 Å². The van der Waals surface area contributed by atoms with E-state index in [1.165, 1.54) is 0 Å². The van der Waals surface area contributed by atoms with Crippen LogP contribution in [0.4, 0.5) is 11.4 Å². The number of halogens is 1. The fourth-order valence-electron chi connectivity index (χ4n) is 2.54. The minimum Gasteiger partial charge on any atom is -0.355 e. The summed E-state index contributed by atoms with van der Waals surface area (Å²) in [6.45, 7) is 4.53. The van der Waals surface area contributed by atoms with E-state index in [0.29, 0.717) is 6.54 Å². The lowest BCUT2D eigenvalue weighted by atomic mass is 10.0. The molecule has 4 nitrogen and oxygen atoms in total. The zero-order valence-electron chi connectivity index (χ0n) is 9.59. The van der Waals surface area contributed by atoms with Gasteiger partial charge in [-0.3, -0.25) is 4.79 Å². The average molecular weight is 296 g/mol. The van der Waals surface area contributed by atoms with Gasteiger partial charge in [0.2, 0.25) is 5.91 Å². The summed E-state index contributed by atoms with van der Waals surface area (Å²) in [5, 5.41) is 6.25. The second kappa shape index (κ2) is 3.99. The van der Waals surface area contributed by atoms with Crippen molar-refractivity contribution in [3.05, 3.63) is 22.2 Å². The van der Waals surface area contributed by atoms with Crippen molar-refractivity contribution in [1.29, 1.82) is 0 Å². The van der Waals surface area contributed by atoms with E-state index in [9.17, 15) is 4.79 Å². The Morgan fingerprint density at radius 1 is 1.47 bits per heavy atom. The molecule has 1 aromatic rings. The van der Waals surface area contributed by atoms with Crippen LogP contribution in [0.1, 0.15) is 5.56 Å². The predicted molar refractivity (Wildman–Crippen MR) is 71.5 cm³/mol. The van der Waals surface area contributed by atoms with Crippen molar-refractivity contribution in [2.45, 2.75) is 13.0 Å². The number of nitrogens with zero attached hydrogens (tertiary/aromatic N) is 1. The number of hydrogen-bond acceptors (Lipinski definition) is 3. The first-order valence-electron chi connectivity index (χ1n) is 5.75. The van der Waals surface area contributed by atoms with Gasteiger partial charge >= 0.3 is 0 Å². The molecule has 0 bridgehead atoms. The lowest BCUT2D eigenvalue weighted by Crippen LogP contribution is -2.59. The van der Waals surface area contributed by atoms with Crippen LogP contribution < -0.4 is 15.5 Å². The fraction of sp³-hybridized carbons (Fsp3) is 0.417. The molecule has 1 aromatic carbocycles. The Labute approximate surface area is 108 Å². The number of benzene rings is 1. The van der Waals surface area contributed by atoms with Crippen molar-refractivity contribution >= 4 is 33.2 Å². The van der Waals surface area contributed by atoms with E-state index in [0.717, 1.165) is 34.5 Å². The minimum atomic E-state index is -0.0877. The fourth-order valence-corrected chi connectivity index (χ4v) is 3.35. The Morgan fingerprint density at radius 2 is 2.29 bits per heavy atom. The van der Waals surface area contributed by atoms with Gasteiger partial charge in [0, 0.05) is 24.1 Å². The molecule has 2 heterocycles. The summed E-state index contributed by atoms with van der Waals surface area (Å²) in [6.07, 6.45) is 0. The maximum absolute atomic E-state index is 12.0. The van der Waals surface area contributed by atoms with Gasteiger partial charge in [0.15, 0.2) is 0 Å². The molecular weight excluding hydrogens is 282 g/mol. The maximum atomic E-state index is 12.0. The zero-order chi connectivity index (χ0) is 12.0. The smallest absolute Gasteiger partial charge is 0.248 e. The van der Waals surface area contributed by atoms with Gasteiger partial charge in [0.05, 0.1) is 11.4 Å². The van der Waals surface area contributed by atoms with Crippen LogP contribution in [0.2, 0.25) is 0 Å². The number of piperazine rings is 1. The van der Waals surface area contributed by atoms with Gasteiger partial charge in [-0.25, -0.2) is 0 Å². The number of fused-ring (bicyclic) bond motifs is 3. The van der Waals surface area contributed by atoms with Crippen molar-refractivity contribution in [2.75, 3.05) is 29.9 Å². The molecular formula is C12H14BrN3O. The summed E-state index contributed by atoms with van der Waals surface area (Å²) < 4.78 is 1.06. The second-order valence-electron chi connectivity index (χ2n) is 4.55. The highest BCUT2D eigenvalue weighted by Gasteiger charge is 2.35. The van der Waals surface area contributed by atoms with Crippen LogP contribution in [0.3, 0.4) is 0 Å². The first kappa shape index (κ1) is 11.0. The second-order valence-corrected chi connectivity index (χ2v) is 5.40. The molecule has 0 aliphatic carbocycles. The SMILES string of the molecule is Cc1cc(Br)c2c(c1)NC(=O)C1CNCCN21. The number of carbonyl (C=O) groups excluding carboxylic acids is 1. The van der Waals surface area contributed by atoms with E-state index < -0.39 is 0 Å². The Balaban J connectivity index is 2.13. The number of aryl methyl sites for hydroxylation is 1. The van der Waals surface area contributed by atoms with Crippen LogP contribution in [0.15, 0.2) is 16.6 Å². The molecule has 90 valence electrons. The summed E-state index contributed by atoms with van der Waals surface area (Å²) in [7, 11) is 0. The lowest BCUT2D eigenvalue weighted by molar-refractivity contribution is -0.117. The van der Waals surface area contributed by atoms with E-state index in [2.05, 4.69) is 37.5 Å². The normalized spacial score (nSPS) is 22.8. The maximum Gasteiger partial charge on any atom is 0.248 e. The van der Waals surface area contributed by atoms with Gasteiger partial charge in [0.25, 0.3) is 0 Å². The van der Waals surface area contributed by atoms with Crippen LogP contribution in [0.25, 0.3) is 0 Å². The molecule has 3 rings (SSSR count). The molecule has 5 heteroatoms. The average Bonchev–Trinajstić information content (AvgIpc) is 2.28. The minimum absolute atomic E-state index is 0.0854. The third-order valence-electron chi connectivity index (χ3n) is 3.30. The molecule has 1 atom stereocenters. The van der Waals surface area contributed by atoms with Gasteiger partial charge < -0.3 is 15.5 Å². The predicted octanol–water partition coefficient (Wildman–Crippen LogP) is 1.49. The van der Waals surface area contributed by atoms with E-state index in [-0.39, 0.29) is 11.9 Å². The molecule has 2 aliphatic heterocycles. The van der Waals surface area contributed by atoms with Gasteiger partial charge in [-0.05, 0) is 40.5 Å². The van der Waals surface area contributed by atoms with Crippen LogP contribution >= 0.6 is 15.9 Å². The molecule has 1 saturated heterocycles. The highest BCUT2D eigenvalue weighted by Crippen LogP contribution is 2.39. The standard InChI is InChI=1S/C12H14BrN3O/c1-7-4-8(13)11-9(5-7)15-12(17)10-6-14-2-3-16(10)11/h4-5,10,14H,2-3,6H2,1H3,(H,15,17). The Hall–Kier alpha value is -1.07. The number of amides is 1. The largest absolute Gasteiger partial charge is 0.355 e. The quantitative estimate of drug-likeness (QED) is 0.762. The third kappa shape index (κ3) is 1.73. The Morgan fingerprint density at radius 3 is 3.12 bits per heavy atom. The summed E-state index contributed by atoms with van der Waals surface area (Å²) in [5.41, 5.74) is 3.17. The van der Waals surface area contributed by atoms with Gasteiger partial charge in [-0.15, -0.1) is 0 Å². The van der Waals surface area contributed by atoms with Crippen molar-refractivity contribution in [3.8, 4) is 0 Å². The lowest BCUT2D eigenvalue weighted by Gasteiger charge is -2.41. The monoisotopic (exact) mass is 295 g/mol. The Bertz CT molecular complexity index is 489. The van der Waals surface area contributed by atoms with E-state index in [1.54, 1.807) is 0 Å². The Kier molecular flexibility index (Phi) is 2.60. The van der Waals surface area contributed by atoms with Crippen molar-refractivity contribution in [2.24, 2.45) is 0 Å². The molecule has 0 spiro atoms. The molecule has 1 amide bonds. The molecule has 1 fully saturated rings. The summed E-state index contributed by atoms with van der Waals surface area (Å²) in [4.78, 5) is 14.2. The number of hydrogen-bond donors (Lipinski definition) is 2. The van der Waals surface area contributed by atoms with E-state index in [4.69, 9.17) is 0 Å². The van der Waals surface area contributed by atoms with Gasteiger partial charge in [0.1, 0.15) is 6.04 Å². The first-order valence-corrected chi connectivity index (χ1v) is 6.54.